The van der Waals surface area contributed by atoms with Crippen LogP contribution in [0.5, 0.6) is 0 Å². The number of halogens is 1. The highest BCUT2D eigenvalue weighted by molar-refractivity contribution is 6.05. The van der Waals surface area contributed by atoms with Gasteiger partial charge in [-0.1, -0.05) is 69.4 Å². The molecule has 4 rings (SSSR count). The Hall–Kier alpha value is -2.17. The molecule has 2 aromatic carbocycles. The lowest BCUT2D eigenvalue weighted by atomic mass is 9.76. The number of Topliss-reactive ketones (excluding diaryl/α,β-unsaturated/α-hetero) is 1. The lowest BCUT2D eigenvalue weighted by molar-refractivity contribution is -0.116. The molecule has 1 aliphatic carbocycles. The summed E-state index contributed by atoms with van der Waals surface area (Å²) in [6.45, 7) is 5.06. The second kappa shape index (κ2) is 13.2. The Morgan fingerprint density at radius 2 is 1.77 bits per heavy atom. The molecule has 0 saturated carbocycles. The summed E-state index contributed by atoms with van der Waals surface area (Å²) < 4.78 is 0. The van der Waals surface area contributed by atoms with E-state index in [2.05, 4.69) is 60.9 Å². The number of unbranched alkanes of at least 4 members (excludes halogenated alkanes) is 4. The van der Waals surface area contributed by atoms with Gasteiger partial charge in [0, 0.05) is 36.2 Å². The summed E-state index contributed by atoms with van der Waals surface area (Å²) in [6.07, 6.45) is 11.6. The van der Waals surface area contributed by atoms with Gasteiger partial charge in [0.05, 0.1) is 0 Å². The van der Waals surface area contributed by atoms with Gasteiger partial charge in [-0.3, -0.25) is 9.59 Å². The number of amides is 1. The third kappa shape index (κ3) is 6.95. The van der Waals surface area contributed by atoms with Gasteiger partial charge in [0.2, 0.25) is 5.91 Å². The van der Waals surface area contributed by atoms with E-state index < -0.39 is 0 Å². The number of hydrogen-bond acceptors (Lipinski definition) is 3. The molecule has 0 fully saturated rings. The monoisotopic (exact) mass is 496 g/mol. The number of carbonyl (C=O) groups is 2. The normalized spacial score (nSPS) is 17.7. The van der Waals surface area contributed by atoms with Crippen molar-refractivity contribution >= 4 is 29.8 Å². The van der Waals surface area contributed by atoms with Gasteiger partial charge in [0.15, 0.2) is 5.78 Å². The molecule has 4 nitrogen and oxygen atoms in total. The van der Waals surface area contributed by atoms with E-state index in [1.165, 1.54) is 43.2 Å². The highest BCUT2D eigenvalue weighted by Gasteiger charge is 2.33. The van der Waals surface area contributed by atoms with Crippen molar-refractivity contribution in [2.75, 3.05) is 11.9 Å². The quantitative estimate of drug-likeness (QED) is 0.344. The first-order chi connectivity index (χ1) is 16.6. The number of nitrogens with one attached hydrogen (secondary N) is 2. The van der Waals surface area contributed by atoms with Crippen molar-refractivity contribution in [2.45, 2.75) is 90.5 Å². The molecule has 2 atom stereocenters. The van der Waals surface area contributed by atoms with Crippen molar-refractivity contribution in [3.63, 3.8) is 0 Å². The summed E-state index contributed by atoms with van der Waals surface area (Å²) in [4.78, 5) is 25.6. The molecule has 0 radical (unpaired) electrons. The predicted molar refractivity (Wildman–Crippen MR) is 147 cm³/mol. The van der Waals surface area contributed by atoms with Gasteiger partial charge in [-0.25, -0.2) is 0 Å². The third-order valence-corrected chi connectivity index (χ3v) is 7.64. The SMILES string of the molecule is CCCCCCCC(Cc1ccccc1)NCC1CCc2c(C)cc3c(c2C1=O)CCC(=O)N3.Cl. The third-order valence-electron chi connectivity index (χ3n) is 7.64. The van der Waals surface area contributed by atoms with Crippen LogP contribution in [0, 0.1) is 12.8 Å². The van der Waals surface area contributed by atoms with Crippen molar-refractivity contribution in [1.82, 2.24) is 5.32 Å². The number of hydrogen-bond donors (Lipinski definition) is 2. The molecule has 1 heterocycles. The van der Waals surface area contributed by atoms with Crippen LogP contribution in [-0.2, 0) is 24.1 Å². The Labute approximate surface area is 217 Å². The number of anilines is 1. The molecular weight excluding hydrogens is 456 g/mol. The molecule has 0 aromatic heterocycles. The molecule has 0 saturated heterocycles. The molecule has 1 aliphatic heterocycles. The van der Waals surface area contributed by atoms with Gasteiger partial charge in [-0.2, -0.15) is 0 Å². The van der Waals surface area contributed by atoms with Crippen LogP contribution in [0.15, 0.2) is 36.4 Å². The summed E-state index contributed by atoms with van der Waals surface area (Å²) in [5, 5.41) is 6.80. The van der Waals surface area contributed by atoms with Crippen LogP contribution in [0.2, 0.25) is 0 Å². The van der Waals surface area contributed by atoms with Crippen LogP contribution in [0.25, 0.3) is 0 Å². The number of aryl methyl sites for hydroxylation is 1. The Morgan fingerprint density at radius 3 is 2.54 bits per heavy atom. The molecule has 5 heteroatoms. The summed E-state index contributed by atoms with van der Waals surface area (Å²) in [5.41, 5.74) is 6.51. The summed E-state index contributed by atoms with van der Waals surface area (Å²) >= 11 is 0. The molecule has 2 aromatic rings. The molecule has 35 heavy (non-hydrogen) atoms. The fraction of sp³-hybridized carbons (Fsp3) is 0.533. The zero-order valence-electron chi connectivity index (χ0n) is 21.3. The molecule has 1 amide bonds. The van der Waals surface area contributed by atoms with Gasteiger partial charge < -0.3 is 10.6 Å². The van der Waals surface area contributed by atoms with Gasteiger partial charge in [-0.15, -0.1) is 12.4 Å². The zero-order chi connectivity index (χ0) is 23.9. The highest BCUT2D eigenvalue weighted by Crippen LogP contribution is 2.37. The minimum atomic E-state index is 0. The van der Waals surface area contributed by atoms with Gasteiger partial charge in [0.1, 0.15) is 0 Å². The average molecular weight is 497 g/mol. The molecule has 0 bridgehead atoms. The smallest absolute Gasteiger partial charge is 0.224 e. The van der Waals surface area contributed by atoms with Crippen LogP contribution >= 0.6 is 12.4 Å². The maximum absolute atomic E-state index is 13.7. The predicted octanol–water partition coefficient (Wildman–Crippen LogP) is 6.61. The number of carbonyl (C=O) groups excluding carboxylic acids is 2. The van der Waals surface area contributed by atoms with Crippen LogP contribution in [0.1, 0.15) is 90.9 Å². The first-order valence-corrected chi connectivity index (χ1v) is 13.3. The molecular formula is C30H41ClN2O2. The van der Waals surface area contributed by atoms with Crippen molar-refractivity contribution in [3.05, 3.63) is 64.2 Å². The van der Waals surface area contributed by atoms with E-state index in [9.17, 15) is 9.59 Å². The number of rotatable bonds is 11. The second-order valence-electron chi connectivity index (χ2n) is 10.2. The minimum Gasteiger partial charge on any atom is -0.326 e. The molecule has 190 valence electrons. The largest absolute Gasteiger partial charge is 0.326 e. The van der Waals surface area contributed by atoms with Crippen molar-refractivity contribution in [3.8, 4) is 0 Å². The maximum Gasteiger partial charge on any atom is 0.224 e. The van der Waals surface area contributed by atoms with Crippen molar-refractivity contribution in [1.29, 1.82) is 0 Å². The number of benzene rings is 2. The summed E-state index contributed by atoms with van der Waals surface area (Å²) in [7, 11) is 0. The lowest BCUT2D eigenvalue weighted by Gasteiger charge is -2.31. The fourth-order valence-corrected chi connectivity index (χ4v) is 5.67. The maximum atomic E-state index is 13.7. The van der Waals surface area contributed by atoms with Gasteiger partial charge in [0.25, 0.3) is 0 Å². The van der Waals surface area contributed by atoms with E-state index in [4.69, 9.17) is 0 Å². The van der Waals surface area contributed by atoms with E-state index in [0.717, 1.165) is 54.6 Å². The fourth-order valence-electron chi connectivity index (χ4n) is 5.67. The van der Waals surface area contributed by atoms with E-state index in [-0.39, 0.29) is 30.0 Å². The van der Waals surface area contributed by atoms with Crippen molar-refractivity contribution in [2.24, 2.45) is 5.92 Å². The molecule has 2 aliphatic rings. The topological polar surface area (TPSA) is 58.2 Å². The lowest BCUT2D eigenvalue weighted by Crippen LogP contribution is -2.39. The van der Waals surface area contributed by atoms with E-state index >= 15 is 0 Å². The zero-order valence-corrected chi connectivity index (χ0v) is 22.1. The Kier molecular flexibility index (Phi) is 10.4. The number of ketones is 1. The summed E-state index contributed by atoms with van der Waals surface area (Å²) in [6, 6.07) is 13.2. The van der Waals surface area contributed by atoms with Crippen LogP contribution in [-0.4, -0.2) is 24.3 Å². The highest BCUT2D eigenvalue weighted by atomic mass is 35.5. The van der Waals surface area contributed by atoms with E-state index in [1.807, 2.05) is 0 Å². The molecule has 2 N–H and O–H groups in total. The van der Waals surface area contributed by atoms with Crippen molar-refractivity contribution < 1.29 is 9.59 Å². The van der Waals surface area contributed by atoms with E-state index in [0.29, 0.717) is 18.9 Å². The molecule has 0 spiro atoms. The van der Waals surface area contributed by atoms with Gasteiger partial charge in [-0.05, 0) is 67.3 Å². The Balaban J connectivity index is 0.00000342. The Bertz CT molecular complexity index is 1010. The van der Waals surface area contributed by atoms with Crippen LogP contribution < -0.4 is 10.6 Å². The standard InChI is InChI=1S/C30H40N2O2.ClH/c1-3-4-5-6-10-13-24(19-22-11-8-7-9-12-22)31-20-23-14-15-25-21(2)18-27-26(29(25)30(23)34)16-17-28(33)32-27;/h7-9,11-12,18,23-24,31H,3-6,10,13-17,19-20H2,1-2H3,(H,32,33);1H. The second-order valence-corrected chi connectivity index (χ2v) is 10.2. The van der Waals surface area contributed by atoms with Crippen LogP contribution in [0.4, 0.5) is 5.69 Å². The average Bonchev–Trinajstić information content (AvgIpc) is 2.83. The van der Waals surface area contributed by atoms with Gasteiger partial charge >= 0.3 is 0 Å². The first kappa shape index (κ1) is 27.4. The summed E-state index contributed by atoms with van der Waals surface area (Å²) in [5.74, 6) is 0.330. The molecule has 2 unspecified atom stereocenters. The first-order valence-electron chi connectivity index (χ1n) is 13.3. The Morgan fingerprint density at radius 1 is 1.00 bits per heavy atom. The number of fused-ring (bicyclic) bond motifs is 3. The van der Waals surface area contributed by atoms with E-state index in [1.54, 1.807) is 0 Å². The minimum absolute atomic E-state index is 0. The van der Waals surface area contributed by atoms with Crippen LogP contribution in [0.3, 0.4) is 0 Å².